The second kappa shape index (κ2) is 12.3. The molecule has 0 N–H and O–H groups in total. The number of para-hydroxylation sites is 1. The van der Waals surface area contributed by atoms with Crippen LogP contribution in [0.1, 0.15) is 0 Å². The molecule has 0 spiro atoms. The van der Waals surface area contributed by atoms with E-state index in [9.17, 15) is 0 Å². The van der Waals surface area contributed by atoms with Crippen molar-refractivity contribution < 1.29 is 0 Å². The van der Waals surface area contributed by atoms with Gasteiger partial charge in [-0.05, 0) is 95.9 Å². The van der Waals surface area contributed by atoms with Crippen LogP contribution in [0.15, 0.2) is 170 Å². The monoisotopic (exact) mass is 688 g/mol. The molecular weight excluding hydrogens is 661 g/mol. The van der Waals surface area contributed by atoms with Gasteiger partial charge in [-0.1, -0.05) is 78.9 Å². The molecule has 4 heterocycles. The van der Waals surface area contributed by atoms with Crippen molar-refractivity contribution in [1.29, 1.82) is 0 Å². The van der Waals surface area contributed by atoms with Crippen LogP contribution in [0.3, 0.4) is 0 Å². The van der Waals surface area contributed by atoms with Gasteiger partial charge in [-0.3, -0.25) is 4.98 Å². The number of rotatable bonds is 6. The predicted octanol–water partition coefficient (Wildman–Crippen LogP) is 13.1. The van der Waals surface area contributed by atoms with Crippen LogP contribution in [0.4, 0.5) is 17.1 Å². The fourth-order valence-electron chi connectivity index (χ4n) is 6.76. The van der Waals surface area contributed by atoms with E-state index < -0.39 is 0 Å². The molecule has 4 aromatic heterocycles. The van der Waals surface area contributed by atoms with E-state index in [1.54, 1.807) is 11.3 Å². The standard InChI is InChI=1S/C45H28N4S2/c1-3-9-40-34(6-1)28-42(50-40)30-15-22-36(23-16-30)49(37-24-17-33(18-25-37)45-48-39-8-2-4-10-41(39)51-45)35-20-13-29(14-21-35)38-26-19-32-12-11-31-7-5-27-46-43(31)44(32)47-38/h1-28H. The highest BCUT2D eigenvalue weighted by molar-refractivity contribution is 7.22. The Morgan fingerprint density at radius 2 is 1.04 bits per heavy atom. The summed E-state index contributed by atoms with van der Waals surface area (Å²) in [5.74, 6) is 0. The second-order valence-electron chi connectivity index (χ2n) is 12.5. The highest BCUT2D eigenvalue weighted by atomic mass is 32.1. The summed E-state index contributed by atoms with van der Waals surface area (Å²) >= 11 is 3.56. The Morgan fingerprint density at radius 3 is 1.76 bits per heavy atom. The van der Waals surface area contributed by atoms with E-state index in [1.165, 1.54) is 25.2 Å². The Balaban J connectivity index is 1.03. The molecule has 0 unspecified atom stereocenters. The Labute approximate surface area is 302 Å². The highest BCUT2D eigenvalue weighted by Gasteiger charge is 2.16. The van der Waals surface area contributed by atoms with Crippen LogP contribution in [0.25, 0.3) is 74.4 Å². The summed E-state index contributed by atoms with van der Waals surface area (Å²) in [6.45, 7) is 0. The number of anilines is 3. The van der Waals surface area contributed by atoms with E-state index >= 15 is 0 Å². The van der Waals surface area contributed by atoms with Crippen LogP contribution in [0, 0.1) is 0 Å². The van der Waals surface area contributed by atoms with Gasteiger partial charge in [0.2, 0.25) is 0 Å². The molecule has 0 amide bonds. The first-order valence-electron chi connectivity index (χ1n) is 16.8. The summed E-state index contributed by atoms with van der Waals surface area (Å²) < 4.78 is 2.50. The quantitative estimate of drug-likeness (QED) is 0.163. The predicted molar refractivity (Wildman–Crippen MR) is 217 cm³/mol. The van der Waals surface area contributed by atoms with E-state index in [4.69, 9.17) is 9.97 Å². The largest absolute Gasteiger partial charge is 0.311 e. The Hall–Kier alpha value is -6.21. The van der Waals surface area contributed by atoms with Crippen molar-refractivity contribution >= 4 is 81.8 Å². The van der Waals surface area contributed by atoms with E-state index in [1.807, 2.05) is 29.7 Å². The number of pyridine rings is 2. The smallest absolute Gasteiger partial charge is 0.124 e. The molecule has 0 aliphatic heterocycles. The molecule has 0 aliphatic rings. The molecule has 4 nitrogen and oxygen atoms in total. The van der Waals surface area contributed by atoms with Gasteiger partial charge in [0.25, 0.3) is 0 Å². The molecule has 0 fully saturated rings. The first-order valence-corrected chi connectivity index (χ1v) is 18.5. The molecule has 0 bridgehead atoms. The molecule has 51 heavy (non-hydrogen) atoms. The molecule has 6 aromatic carbocycles. The Morgan fingerprint density at radius 1 is 0.431 bits per heavy atom. The molecule has 10 rings (SSSR count). The van der Waals surface area contributed by atoms with Crippen LogP contribution in [-0.4, -0.2) is 15.0 Å². The van der Waals surface area contributed by atoms with Crippen molar-refractivity contribution in [2.75, 3.05) is 4.90 Å². The average Bonchev–Trinajstić information content (AvgIpc) is 3.84. The van der Waals surface area contributed by atoms with Gasteiger partial charge in [-0.15, -0.1) is 22.7 Å². The summed E-state index contributed by atoms with van der Waals surface area (Å²) in [7, 11) is 0. The maximum atomic E-state index is 5.09. The van der Waals surface area contributed by atoms with E-state index in [-0.39, 0.29) is 0 Å². The molecule has 0 saturated carbocycles. The zero-order valence-corrected chi connectivity index (χ0v) is 28.9. The van der Waals surface area contributed by atoms with Crippen LogP contribution in [0.5, 0.6) is 0 Å². The summed E-state index contributed by atoms with van der Waals surface area (Å²) in [6, 6.07) is 58.0. The lowest BCUT2D eigenvalue weighted by Crippen LogP contribution is -2.09. The molecule has 6 heteroatoms. The summed E-state index contributed by atoms with van der Waals surface area (Å²) in [5.41, 5.74) is 10.4. The number of hydrogen-bond acceptors (Lipinski definition) is 6. The lowest BCUT2D eigenvalue weighted by Gasteiger charge is -2.26. The third kappa shape index (κ3) is 5.42. The van der Waals surface area contributed by atoms with E-state index in [2.05, 4.69) is 162 Å². The minimum Gasteiger partial charge on any atom is -0.311 e. The fourth-order valence-corrected chi connectivity index (χ4v) is 8.80. The first kappa shape index (κ1) is 29.7. The van der Waals surface area contributed by atoms with Crippen molar-refractivity contribution in [3.05, 3.63) is 170 Å². The van der Waals surface area contributed by atoms with Gasteiger partial charge in [0, 0.05) is 54.7 Å². The van der Waals surface area contributed by atoms with Gasteiger partial charge in [-0.2, -0.15) is 0 Å². The van der Waals surface area contributed by atoms with Crippen molar-refractivity contribution in [3.63, 3.8) is 0 Å². The number of thiazole rings is 1. The number of aromatic nitrogens is 3. The van der Waals surface area contributed by atoms with Crippen LogP contribution in [-0.2, 0) is 0 Å². The van der Waals surface area contributed by atoms with E-state index in [0.29, 0.717) is 0 Å². The second-order valence-corrected chi connectivity index (χ2v) is 14.6. The topological polar surface area (TPSA) is 41.9 Å². The fraction of sp³-hybridized carbons (Fsp3) is 0. The lowest BCUT2D eigenvalue weighted by atomic mass is 10.1. The zero-order valence-electron chi connectivity index (χ0n) is 27.3. The summed E-state index contributed by atoms with van der Waals surface area (Å²) in [4.78, 5) is 18.2. The zero-order chi connectivity index (χ0) is 33.7. The van der Waals surface area contributed by atoms with E-state index in [0.717, 1.165) is 66.2 Å². The molecule has 0 atom stereocenters. The van der Waals surface area contributed by atoms with Crippen LogP contribution in [0.2, 0.25) is 0 Å². The normalized spacial score (nSPS) is 11.5. The minimum atomic E-state index is 0.920. The van der Waals surface area contributed by atoms with Crippen molar-refractivity contribution in [3.8, 4) is 32.3 Å². The maximum absolute atomic E-state index is 5.09. The number of thiophene rings is 1. The molecule has 10 aromatic rings. The number of hydrogen-bond donors (Lipinski definition) is 0. The third-order valence-corrected chi connectivity index (χ3v) is 11.6. The Kier molecular flexibility index (Phi) is 7.15. The summed E-state index contributed by atoms with van der Waals surface area (Å²) in [6.07, 6.45) is 1.83. The molecular formula is C45H28N4S2. The van der Waals surface area contributed by atoms with Crippen LogP contribution < -0.4 is 4.90 Å². The van der Waals surface area contributed by atoms with Gasteiger partial charge in [0.15, 0.2) is 0 Å². The van der Waals surface area contributed by atoms with Gasteiger partial charge in [-0.25, -0.2) is 9.97 Å². The summed E-state index contributed by atoms with van der Waals surface area (Å²) in [5, 5.41) is 4.48. The van der Waals surface area contributed by atoms with Crippen molar-refractivity contribution in [1.82, 2.24) is 15.0 Å². The molecule has 0 saturated heterocycles. The molecule has 0 aliphatic carbocycles. The van der Waals surface area contributed by atoms with Gasteiger partial charge >= 0.3 is 0 Å². The average molecular weight is 689 g/mol. The van der Waals surface area contributed by atoms with Crippen LogP contribution >= 0.6 is 22.7 Å². The minimum absolute atomic E-state index is 0.920. The Bertz CT molecular complexity index is 2670. The number of nitrogens with zero attached hydrogens (tertiary/aromatic N) is 4. The van der Waals surface area contributed by atoms with Gasteiger partial charge < -0.3 is 4.90 Å². The molecule has 0 radical (unpaired) electrons. The van der Waals surface area contributed by atoms with Crippen molar-refractivity contribution in [2.45, 2.75) is 0 Å². The van der Waals surface area contributed by atoms with Gasteiger partial charge in [0.05, 0.1) is 26.9 Å². The number of benzene rings is 6. The van der Waals surface area contributed by atoms with Crippen molar-refractivity contribution in [2.24, 2.45) is 0 Å². The van der Waals surface area contributed by atoms with Gasteiger partial charge in [0.1, 0.15) is 5.01 Å². The third-order valence-electron chi connectivity index (χ3n) is 9.36. The lowest BCUT2D eigenvalue weighted by molar-refractivity contribution is 1.28. The number of fused-ring (bicyclic) bond motifs is 5. The highest BCUT2D eigenvalue weighted by Crippen LogP contribution is 2.40. The SMILES string of the molecule is c1ccc2sc(-c3ccc(N(c4ccc(-c5ccc6ccc7cccnc7c6n5)cc4)c4ccc(-c5nc6ccccc6s5)cc4)cc3)cc2c1. The molecule has 240 valence electrons. The first-order chi connectivity index (χ1) is 25.2. The maximum Gasteiger partial charge on any atom is 0.124 e.